The summed E-state index contributed by atoms with van der Waals surface area (Å²) >= 11 is 1.66. The summed E-state index contributed by atoms with van der Waals surface area (Å²) in [5, 5.41) is 3.93. The van der Waals surface area contributed by atoms with Gasteiger partial charge in [-0.1, -0.05) is 0 Å². The molecular formula is C16H19N3O2S. The molecule has 1 aliphatic heterocycles. The number of carbonyl (C=O) groups excluding carboxylic acids is 1. The molecule has 1 amide bonds. The molecule has 1 atom stereocenters. The summed E-state index contributed by atoms with van der Waals surface area (Å²) in [6.07, 6.45) is 5.92. The van der Waals surface area contributed by atoms with Gasteiger partial charge in [0.2, 0.25) is 5.91 Å². The van der Waals surface area contributed by atoms with Crippen LogP contribution < -0.4 is 5.32 Å². The number of amides is 1. The minimum absolute atomic E-state index is 0.00662. The molecule has 3 rings (SSSR count). The highest BCUT2D eigenvalue weighted by Crippen LogP contribution is 2.27. The van der Waals surface area contributed by atoms with Crippen molar-refractivity contribution in [2.75, 3.05) is 13.2 Å². The van der Waals surface area contributed by atoms with Crippen molar-refractivity contribution < 1.29 is 9.53 Å². The number of aromatic nitrogens is 2. The fourth-order valence-corrected chi connectivity index (χ4v) is 3.52. The van der Waals surface area contributed by atoms with Crippen molar-refractivity contribution in [1.29, 1.82) is 0 Å². The second-order valence-corrected chi connectivity index (χ2v) is 6.40. The first-order valence-corrected chi connectivity index (χ1v) is 8.31. The number of hydrogen-bond donors (Lipinski definition) is 1. The van der Waals surface area contributed by atoms with Crippen LogP contribution in [0.5, 0.6) is 0 Å². The lowest BCUT2D eigenvalue weighted by Crippen LogP contribution is -2.35. The van der Waals surface area contributed by atoms with Gasteiger partial charge in [-0.15, -0.1) is 11.3 Å². The molecule has 0 spiro atoms. The van der Waals surface area contributed by atoms with E-state index < -0.39 is 0 Å². The molecule has 5 nitrogen and oxygen atoms in total. The monoisotopic (exact) mass is 317 g/mol. The van der Waals surface area contributed by atoms with Crippen LogP contribution in [-0.4, -0.2) is 35.1 Å². The Labute approximate surface area is 133 Å². The summed E-state index contributed by atoms with van der Waals surface area (Å²) < 4.78 is 5.37. The fraction of sp³-hybridized carbons (Fsp3) is 0.438. The van der Waals surface area contributed by atoms with Crippen molar-refractivity contribution in [3.8, 4) is 10.6 Å². The smallest absolute Gasteiger partial charge is 0.249 e. The van der Waals surface area contributed by atoms with Crippen LogP contribution in [-0.2, 0) is 16.0 Å². The van der Waals surface area contributed by atoms with Crippen LogP contribution in [0.1, 0.15) is 23.4 Å². The Morgan fingerprint density at radius 1 is 1.55 bits per heavy atom. The third kappa shape index (κ3) is 3.51. The van der Waals surface area contributed by atoms with Gasteiger partial charge in [-0.05, 0) is 31.9 Å². The molecule has 0 aromatic carbocycles. The number of ether oxygens (including phenoxy) is 1. The van der Waals surface area contributed by atoms with Crippen molar-refractivity contribution in [1.82, 2.24) is 15.3 Å². The van der Waals surface area contributed by atoms with Gasteiger partial charge in [0.25, 0.3) is 0 Å². The molecule has 22 heavy (non-hydrogen) atoms. The van der Waals surface area contributed by atoms with Gasteiger partial charge in [-0.2, -0.15) is 0 Å². The predicted octanol–water partition coefficient (Wildman–Crippen LogP) is 2.35. The zero-order chi connectivity index (χ0) is 15.4. The van der Waals surface area contributed by atoms with Gasteiger partial charge in [0.1, 0.15) is 11.1 Å². The van der Waals surface area contributed by atoms with Gasteiger partial charge < -0.3 is 10.1 Å². The third-order valence-corrected chi connectivity index (χ3v) is 4.94. The molecule has 1 aliphatic rings. The molecule has 0 aliphatic carbocycles. The number of hydrogen-bond acceptors (Lipinski definition) is 5. The molecule has 1 fully saturated rings. The maximum atomic E-state index is 11.9. The van der Waals surface area contributed by atoms with Crippen LogP contribution in [0.3, 0.4) is 0 Å². The third-order valence-electron chi connectivity index (χ3n) is 3.67. The van der Waals surface area contributed by atoms with E-state index in [4.69, 9.17) is 4.74 Å². The molecule has 1 unspecified atom stereocenters. The molecule has 1 saturated heterocycles. The van der Waals surface area contributed by atoms with Gasteiger partial charge in [0, 0.05) is 42.4 Å². The van der Waals surface area contributed by atoms with Crippen molar-refractivity contribution in [3.63, 3.8) is 0 Å². The maximum Gasteiger partial charge on any atom is 0.249 e. The van der Waals surface area contributed by atoms with E-state index in [-0.39, 0.29) is 12.0 Å². The van der Waals surface area contributed by atoms with E-state index in [9.17, 15) is 4.79 Å². The summed E-state index contributed by atoms with van der Waals surface area (Å²) in [6.45, 7) is 3.32. The van der Waals surface area contributed by atoms with Crippen molar-refractivity contribution in [2.24, 2.45) is 0 Å². The largest absolute Gasteiger partial charge is 0.368 e. The molecule has 6 heteroatoms. The Bertz CT molecular complexity index is 636. The van der Waals surface area contributed by atoms with E-state index in [1.165, 1.54) is 4.88 Å². The number of thiazole rings is 1. The zero-order valence-corrected chi connectivity index (χ0v) is 13.4. The molecule has 0 bridgehead atoms. The summed E-state index contributed by atoms with van der Waals surface area (Å²) in [6, 6.07) is 3.92. The van der Waals surface area contributed by atoms with Crippen molar-refractivity contribution in [3.05, 3.63) is 35.1 Å². The van der Waals surface area contributed by atoms with Crippen LogP contribution in [0.4, 0.5) is 0 Å². The molecule has 2 aromatic heterocycles. The van der Waals surface area contributed by atoms with Gasteiger partial charge in [0.05, 0.1) is 5.69 Å². The van der Waals surface area contributed by atoms with Crippen LogP contribution in [0.15, 0.2) is 24.5 Å². The maximum absolute atomic E-state index is 11.9. The molecule has 3 heterocycles. The van der Waals surface area contributed by atoms with E-state index >= 15 is 0 Å². The van der Waals surface area contributed by atoms with Crippen LogP contribution >= 0.6 is 11.3 Å². The topological polar surface area (TPSA) is 64.1 Å². The van der Waals surface area contributed by atoms with Crippen molar-refractivity contribution >= 4 is 17.2 Å². The lowest BCUT2D eigenvalue weighted by Gasteiger charge is -2.09. The number of rotatable bonds is 5. The van der Waals surface area contributed by atoms with Crippen LogP contribution in [0.25, 0.3) is 10.6 Å². The first-order valence-electron chi connectivity index (χ1n) is 7.50. The summed E-state index contributed by atoms with van der Waals surface area (Å²) in [4.78, 5) is 21.8. The Hall–Kier alpha value is -1.79. The fourth-order valence-electron chi connectivity index (χ4n) is 2.47. The summed E-state index contributed by atoms with van der Waals surface area (Å²) in [7, 11) is 0. The predicted molar refractivity (Wildman–Crippen MR) is 85.8 cm³/mol. The standard InChI is InChI=1S/C16H19N3O2S/c1-11-14(6-8-18-15(20)13-5-3-9-21-13)22-16(19-11)12-4-2-7-17-10-12/h2,4,7,10,13H,3,5-6,8-9H2,1H3,(H,18,20). The molecule has 0 radical (unpaired) electrons. The van der Waals surface area contributed by atoms with E-state index in [2.05, 4.69) is 15.3 Å². The highest BCUT2D eigenvalue weighted by atomic mass is 32.1. The highest BCUT2D eigenvalue weighted by Gasteiger charge is 2.23. The summed E-state index contributed by atoms with van der Waals surface area (Å²) in [5.41, 5.74) is 2.06. The molecular weight excluding hydrogens is 298 g/mol. The Balaban J connectivity index is 1.57. The minimum atomic E-state index is -0.256. The molecule has 0 saturated carbocycles. The first-order chi connectivity index (χ1) is 10.7. The van der Waals surface area contributed by atoms with Gasteiger partial charge in [0.15, 0.2) is 0 Å². The second-order valence-electron chi connectivity index (χ2n) is 5.31. The van der Waals surface area contributed by atoms with Crippen LogP contribution in [0, 0.1) is 6.92 Å². The Kier molecular flexibility index (Phi) is 4.80. The molecule has 2 aromatic rings. The normalized spacial score (nSPS) is 17.6. The van der Waals surface area contributed by atoms with Gasteiger partial charge in [-0.3, -0.25) is 9.78 Å². The Morgan fingerprint density at radius 2 is 2.45 bits per heavy atom. The average Bonchev–Trinajstić information content (AvgIpc) is 3.18. The van der Waals surface area contributed by atoms with Crippen molar-refractivity contribution in [2.45, 2.75) is 32.3 Å². The van der Waals surface area contributed by atoms with E-state index in [0.717, 1.165) is 35.5 Å². The zero-order valence-electron chi connectivity index (χ0n) is 12.5. The SMILES string of the molecule is Cc1nc(-c2cccnc2)sc1CCNC(=O)C1CCCO1. The minimum Gasteiger partial charge on any atom is -0.368 e. The van der Waals surface area contributed by atoms with E-state index in [1.807, 2.05) is 25.3 Å². The number of nitrogens with zero attached hydrogens (tertiary/aromatic N) is 2. The van der Waals surface area contributed by atoms with Gasteiger partial charge in [-0.25, -0.2) is 4.98 Å². The molecule has 1 N–H and O–H groups in total. The number of aryl methyl sites for hydroxylation is 1. The number of pyridine rings is 1. The number of nitrogens with one attached hydrogen (secondary N) is 1. The van der Waals surface area contributed by atoms with E-state index in [0.29, 0.717) is 13.2 Å². The first kappa shape index (κ1) is 15.1. The van der Waals surface area contributed by atoms with Crippen LogP contribution in [0.2, 0.25) is 0 Å². The molecule has 116 valence electrons. The Morgan fingerprint density at radius 3 is 3.18 bits per heavy atom. The second kappa shape index (κ2) is 6.98. The number of carbonyl (C=O) groups is 1. The lowest BCUT2D eigenvalue weighted by molar-refractivity contribution is -0.129. The highest BCUT2D eigenvalue weighted by molar-refractivity contribution is 7.15. The average molecular weight is 317 g/mol. The summed E-state index contributed by atoms with van der Waals surface area (Å²) in [5.74, 6) is 0.00662. The lowest BCUT2D eigenvalue weighted by atomic mass is 10.2. The quantitative estimate of drug-likeness (QED) is 0.919. The van der Waals surface area contributed by atoms with E-state index in [1.54, 1.807) is 17.5 Å². The van der Waals surface area contributed by atoms with Gasteiger partial charge >= 0.3 is 0 Å².